The van der Waals surface area contributed by atoms with E-state index in [2.05, 4.69) is 64.3 Å². The predicted molar refractivity (Wildman–Crippen MR) is 165 cm³/mol. The van der Waals surface area contributed by atoms with Gasteiger partial charge in [0.05, 0.1) is 6.54 Å². The summed E-state index contributed by atoms with van der Waals surface area (Å²) in [5.41, 5.74) is 6.54. The number of carboxylic acid groups (broad SMARTS) is 1. The lowest BCUT2D eigenvalue weighted by Gasteiger charge is -2.16. The Labute approximate surface area is 261 Å². The normalized spacial score (nSPS) is 15.1. The first-order valence-electron chi connectivity index (χ1n) is 14.4. The van der Waals surface area contributed by atoms with Crippen molar-refractivity contribution in [2.24, 2.45) is 0 Å². The lowest BCUT2D eigenvalue weighted by atomic mass is 9.98. The number of aliphatic carboxylic acids is 1. The number of carbonyl (C=O) groups is 2. The summed E-state index contributed by atoms with van der Waals surface area (Å²) in [5, 5.41) is 16.8. The average molecular weight is 640 g/mol. The van der Waals surface area contributed by atoms with E-state index in [1.54, 1.807) is 22.1 Å². The van der Waals surface area contributed by atoms with Gasteiger partial charge in [-0.15, -0.1) is 11.3 Å². The summed E-state index contributed by atoms with van der Waals surface area (Å²) in [4.78, 5) is 42.4. The maximum absolute atomic E-state index is 13.4. The molecule has 0 unspecified atom stereocenters. The summed E-state index contributed by atoms with van der Waals surface area (Å²) in [5.74, 6) is -2.59. The highest BCUT2D eigenvalue weighted by Gasteiger charge is 2.38. The number of nitrogens with zero attached hydrogens (tertiary/aromatic N) is 2. The molecule has 13 heteroatoms. The Balaban J connectivity index is 0.000000515. The summed E-state index contributed by atoms with van der Waals surface area (Å²) >= 11 is 1.74. The zero-order valence-electron chi connectivity index (χ0n) is 24.4. The SMILES string of the molecule is CCc1cc(CNc2ncc3n(c2=O)[C@H](C(=O)NCc2cc4c(s2)CNC4)CC3)cc(-c2ccccc2)c1.O=C(O)C(F)(F)F. The molecule has 2 aromatic heterocycles. The van der Waals surface area contributed by atoms with Crippen molar-refractivity contribution in [1.82, 2.24) is 20.2 Å². The molecule has 9 nitrogen and oxygen atoms in total. The minimum Gasteiger partial charge on any atom is -0.475 e. The van der Waals surface area contributed by atoms with Crippen LogP contribution in [-0.2, 0) is 48.6 Å². The van der Waals surface area contributed by atoms with Crippen molar-refractivity contribution >= 4 is 29.0 Å². The maximum atomic E-state index is 13.4. The van der Waals surface area contributed by atoms with Crippen LogP contribution in [0.3, 0.4) is 0 Å². The summed E-state index contributed by atoms with van der Waals surface area (Å²) < 4.78 is 33.4. The minimum atomic E-state index is -5.08. The van der Waals surface area contributed by atoms with E-state index in [9.17, 15) is 22.8 Å². The number of halogens is 3. The monoisotopic (exact) mass is 639 g/mol. The Hall–Kier alpha value is -4.49. The van der Waals surface area contributed by atoms with E-state index >= 15 is 0 Å². The lowest BCUT2D eigenvalue weighted by molar-refractivity contribution is -0.192. The number of benzene rings is 2. The third-order valence-electron chi connectivity index (χ3n) is 7.62. The molecule has 0 fully saturated rings. The number of hydrogen-bond acceptors (Lipinski definition) is 7. The molecule has 0 bridgehead atoms. The summed E-state index contributed by atoms with van der Waals surface area (Å²) in [6.07, 6.45) is -1.16. The standard InChI is InChI=1S/C30H31N5O2S.C2HF3O2/c1-2-19-10-20(12-22(11-19)21-6-4-3-5-7-21)14-32-28-30(37)35-24(16-33-28)8-9-26(35)29(36)34-17-25-13-23-15-31-18-27(23)38-25;3-2(4,5)1(6)7/h3-7,10-13,16,26,31H,2,8-9,14-15,17-18H2,1H3,(H,32,33)(H,34,36);(H,6,7)/t26-;/m0./s1. The van der Waals surface area contributed by atoms with Crippen molar-refractivity contribution in [3.8, 4) is 11.1 Å². The smallest absolute Gasteiger partial charge is 0.475 e. The van der Waals surface area contributed by atoms with E-state index in [0.717, 1.165) is 46.8 Å². The van der Waals surface area contributed by atoms with Gasteiger partial charge in [-0.2, -0.15) is 13.2 Å². The number of thiophene rings is 1. The van der Waals surface area contributed by atoms with Crippen LogP contribution in [0.15, 0.2) is 65.6 Å². The van der Waals surface area contributed by atoms with E-state index < -0.39 is 18.2 Å². The molecular formula is C32H32F3N5O4S. The zero-order chi connectivity index (χ0) is 32.1. The Kier molecular flexibility index (Phi) is 9.68. The van der Waals surface area contributed by atoms with Gasteiger partial charge in [-0.05, 0) is 59.2 Å². The van der Waals surface area contributed by atoms with Gasteiger partial charge >= 0.3 is 12.1 Å². The Morgan fingerprint density at radius 1 is 1.07 bits per heavy atom. The maximum Gasteiger partial charge on any atom is 0.490 e. The Morgan fingerprint density at radius 2 is 1.80 bits per heavy atom. The van der Waals surface area contributed by atoms with Crippen molar-refractivity contribution in [2.75, 3.05) is 5.32 Å². The fraction of sp³-hybridized carbons (Fsp3) is 0.312. The molecule has 0 aliphatic carbocycles. The number of nitrogens with one attached hydrogen (secondary N) is 3. The van der Waals surface area contributed by atoms with E-state index in [1.807, 2.05) is 18.2 Å². The van der Waals surface area contributed by atoms with Gasteiger partial charge in [-0.3, -0.25) is 14.2 Å². The summed E-state index contributed by atoms with van der Waals surface area (Å²) in [6.45, 7) is 4.90. The molecule has 2 aliphatic heterocycles. The molecule has 1 atom stereocenters. The van der Waals surface area contributed by atoms with Gasteiger partial charge in [0.1, 0.15) is 6.04 Å². The molecule has 236 valence electrons. The lowest BCUT2D eigenvalue weighted by Crippen LogP contribution is -2.36. The van der Waals surface area contributed by atoms with Gasteiger partial charge < -0.3 is 21.1 Å². The van der Waals surface area contributed by atoms with Gasteiger partial charge in [-0.1, -0.05) is 49.4 Å². The number of carboxylic acids is 1. The second-order valence-corrected chi connectivity index (χ2v) is 11.9. The van der Waals surface area contributed by atoms with E-state index in [4.69, 9.17) is 9.90 Å². The van der Waals surface area contributed by atoms with Crippen LogP contribution in [-0.4, -0.2) is 32.7 Å². The third-order valence-corrected chi connectivity index (χ3v) is 8.79. The molecule has 2 aromatic carbocycles. The topological polar surface area (TPSA) is 125 Å². The van der Waals surface area contributed by atoms with Crippen LogP contribution in [0, 0.1) is 0 Å². The van der Waals surface area contributed by atoms with Gasteiger partial charge in [0.2, 0.25) is 5.91 Å². The fourth-order valence-corrected chi connectivity index (χ4v) is 6.48. The highest BCUT2D eigenvalue weighted by Crippen LogP contribution is 2.28. The van der Waals surface area contributed by atoms with E-state index in [0.29, 0.717) is 25.9 Å². The van der Waals surface area contributed by atoms with Crippen molar-refractivity contribution in [3.05, 3.63) is 103 Å². The van der Waals surface area contributed by atoms with Crippen LogP contribution in [0.2, 0.25) is 0 Å². The van der Waals surface area contributed by atoms with Crippen molar-refractivity contribution in [3.63, 3.8) is 0 Å². The highest BCUT2D eigenvalue weighted by molar-refractivity contribution is 7.12. The van der Waals surface area contributed by atoms with Gasteiger partial charge in [0.25, 0.3) is 5.56 Å². The van der Waals surface area contributed by atoms with Gasteiger partial charge in [0, 0.05) is 41.3 Å². The number of hydrogen-bond donors (Lipinski definition) is 4. The number of alkyl halides is 3. The Bertz CT molecular complexity index is 1730. The quantitative estimate of drug-likeness (QED) is 0.209. The molecule has 0 saturated carbocycles. The number of fused-ring (bicyclic) bond motifs is 2. The van der Waals surface area contributed by atoms with Crippen LogP contribution >= 0.6 is 11.3 Å². The van der Waals surface area contributed by atoms with Crippen LogP contribution in [0.5, 0.6) is 0 Å². The first kappa shape index (κ1) is 31.9. The average Bonchev–Trinajstić information content (AvgIpc) is 3.75. The second-order valence-electron chi connectivity index (χ2n) is 10.7. The first-order valence-corrected chi connectivity index (χ1v) is 15.3. The summed E-state index contributed by atoms with van der Waals surface area (Å²) in [7, 11) is 0. The number of amides is 1. The first-order chi connectivity index (χ1) is 21.5. The van der Waals surface area contributed by atoms with Gasteiger partial charge in [-0.25, -0.2) is 9.78 Å². The van der Waals surface area contributed by atoms with Crippen molar-refractivity contribution in [2.45, 2.75) is 64.6 Å². The van der Waals surface area contributed by atoms with E-state index in [1.165, 1.54) is 16.0 Å². The minimum absolute atomic E-state index is 0.113. The van der Waals surface area contributed by atoms with Gasteiger partial charge in [0.15, 0.2) is 5.82 Å². The molecular weight excluding hydrogens is 607 g/mol. The summed E-state index contributed by atoms with van der Waals surface area (Å²) in [6, 6.07) is 18.5. The van der Waals surface area contributed by atoms with Crippen LogP contribution in [0.4, 0.5) is 19.0 Å². The largest absolute Gasteiger partial charge is 0.490 e. The zero-order valence-corrected chi connectivity index (χ0v) is 25.2. The second kappa shape index (κ2) is 13.7. The molecule has 4 aromatic rings. The molecule has 1 amide bonds. The molecule has 2 aliphatic rings. The number of aromatic nitrogens is 2. The highest BCUT2D eigenvalue weighted by atomic mass is 32.1. The molecule has 6 rings (SSSR count). The molecule has 0 spiro atoms. The van der Waals surface area contributed by atoms with E-state index in [-0.39, 0.29) is 17.3 Å². The number of carbonyl (C=O) groups excluding carboxylic acids is 1. The Morgan fingerprint density at radius 3 is 2.49 bits per heavy atom. The molecule has 0 saturated heterocycles. The number of aryl methyl sites for hydroxylation is 2. The van der Waals surface area contributed by atoms with Crippen LogP contribution in [0.25, 0.3) is 11.1 Å². The molecule has 45 heavy (non-hydrogen) atoms. The number of anilines is 1. The van der Waals surface area contributed by atoms with Crippen LogP contribution < -0.4 is 21.5 Å². The molecule has 0 radical (unpaired) electrons. The predicted octanol–water partition coefficient (Wildman–Crippen LogP) is 5.19. The molecule has 4 N–H and O–H groups in total. The molecule has 4 heterocycles. The fourth-order valence-electron chi connectivity index (χ4n) is 5.38. The van der Waals surface area contributed by atoms with Crippen molar-refractivity contribution in [1.29, 1.82) is 0 Å². The number of rotatable bonds is 8. The van der Waals surface area contributed by atoms with Crippen LogP contribution in [0.1, 0.15) is 51.5 Å². The van der Waals surface area contributed by atoms with Crippen molar-refractivity contribution < 1.29 is 27.9 Å². The third kappa shape index (κ3) is 7.60.